The van der Waals surface area contributed by atoms with Gasteiger partial charge in [-0.2, -0.15) is 5.26 Å². The number of esters is 1. The number of nitrogen functional groups attached to an aromatic ring is 1. The van der Waals surface area contributed by atoms with Crippen LogP contribution in [0.1, 0.15) is 37.0 Å². The topological polar surface area (TPSA) is 126 Å². The molecule has 0 aliphatic carbocycles. The molecule has 0 fully saturated rings. The summed E-state index contributed by atoms with van der Waals surface area (Å²) >= 11 is 0. The second-order valence-corrected chi connectivity index (χ2v) is 6.63. The maximum absolute atomic E-state index is 12.7. The first-order chi connectivity index (χ1) is 14.9. The lowest BCUT2D eigenvalue weighted by molar-refractivity contribution is -0.116. The molecule has 0 aliphatic rings. The summed E-state index contributed by atoms with van der Waals surface area (Å²) in [7, 11) is 0. The molecule has 2 amide bonds. The SMILES string of the molecule is CCCCOC(=O)c1ccccc1NC(=O)/C(C#N)=C\N(C(C)=O)c1cccc(N)c1. The first kappa shape index (κ1) is 23.2. The van der Waals surface area contributed by atoms with Crippen molar-refractivity contribution in [2.45, 2.75) is 26.7 Å². The average Bonchev–Trinajstić information content (AvgIpc) is 2.74. The zero-order chi connectivity index (χ0) is 22.8. The number of hydrogen-bond donors (Lipinski definition) is 2. The highest BCUT2D eigenvalue weighted by molar-refractivity contribution is 6.10. The Labute approximate surface area is 180 Å². The Bertz CT molecular complexity index is 1040. The van der Waals surface area contributed by atoms with E-state index in [1.165, 1.54) is 19.1 Å². The molecule has 0 spiro atoms. The number of anilines is 3. The summed E-state index contributed by atoms with van der Waals surface area (Å²) in [5.74, 6) is -1.76. The summed E-state index contributed by atoms with van der Waals surface area (Å²) in [6.07, 6.45) is 2.74. The summed E-state index contributed by atoms with van der Waals surface area (Å²) in [5, 5.41) is 12.0. The van der Waals surface area contributed by atoms with E-state index in [4.69, 9.17) is 10.5 Å². The van der Waals surface area contributed by atoms with E-state index in [-0.39, 0.29) is 23.4 Å². The maximum Gasteiger partial charge on any atom is 0.340 e. The van der Waals surface area contributed by atoms with E-state index < -0.39 is 17.8 Å². The first-order valence-electron chi connectivity index (χ1n) is 9.72. The van der Waals surface area contributed by atoms with E-state index >= 15 is 0 Å². The summed E-state index contributed by atoms with van der Waals surface area (Å²) in [4.78, 5) is 38.3. The van der Waals surface area contributed by atoms with Gasteiger partial charge in [-0.05, 0) is 36.8 Å². The summed E-state index contributed by atoms with van der Waals surface area (Å²) in [6, 6.07) is 14.6. The molecule has 0 saturated carbocycles. The molecule has 2 aromatic carbocycles. The third-order valence-electron chi connectivity index (χ3n) is 4.24. The number of benzene rings is 2. The number of unbranched alkanes of at least 4 members (excludes halogenated alkanes) is 1. The van der Waals surface area contributed by atoms with E-state index in [0.29, 0.717) is 11.4 Å². The molecule has 160 valence electrons. The number of carbonyl (C=O) groups excluding carboxylic acids is 3. The fourth-order valence-corrected chi connectivity index (χ4v) is 2.64. The van der Waals surface area contributed by atoms with Crippen molar-refractivity contribution in [2.75, 3.05) is 22.6 Å². The quantitative estimate of drug-likeness (QED) is 0.221. The van der Waals surface area contributed by atoms with Crippen LogP contribution < -0.4 is 16.0 Å². The minimum Gasteiger partial charge on any atom is -0.462 e. The highest BCUT2D eigenvalue weighted by atomic mass is 16.5. The molecule has 0 bridgehead atoms. The number of ether oxygens (including phenoxy) is 1. The number of nitrogens with one attached hydrogen (secondary N) is 1. The van der Waals surface area contributed by atoms with Crippen molar-refractivity contribution < 1.29 is 19.1 Å². The minimum absolute atomic E-state index is 0.170. The highest BCUT2D eigenvalue weighted by Gasteiger charge is 2.19. The number of rotatable bonds is 8. The standard InChI is InChI=1S/C23H24N4O4/c1-3-4-12-31-23(30)20-10-5-6-11-21(20)26-22(29)17(14-24)15-27(16(2)28)19-9-7-8-18(25)13-19/h5-11,13,15H,3-4,12,25H2,1-2H3,(H,26,29)/b17-15-. The zero-order valence-corrected chi connectivity index (χ0v) is 17.4. The lowest BCUT2D eigenvalue weighted by Gasteiger charge is -2.18. The summed E-state index contributed by atoms with van der Waals surface area (Å²) in [5.41, 5.74) is 6.65. The predicted octanol–water partition coefficient (Wildman–Crippen LogP) is 3.62. The van der Waals surface area contributed by atoms with Crippen molar-refractivity contribution in [3.05, 3.63) is 65.9 Å². The fraction of sp³-hybridized carbons (Fsp3) is 0.217. The number of nitriles is 1. The van der Waals surface area contributed by atoms with Gasteiger partial charge >= 0.3 is 5.97 Å². The van der Waals surface area contributed by atoms with Crippen LogP contribution in [0.4, 0.5) is 17.1 Å². The van der Waals surface area contributed by atoms with Crippen LogP contribution in [-0.4, -0.2) is 24.4 Å². The van der Waals surface area contributed by atoms with E-state index in [9.17, 15) is 19.6 Å². The fourth-order valence-electron chi connectivity index (χ4n) is 2.64. The lowest BCUT2D eigenvalue weighted by Crippen LogP contribution is -2.25. The number of amides is 2. The molecule has 0 radical (unpaired) electrons. The van der Waals surface area contributed by atoms with Gasteiger partial charge in [-0.1, -0.05) is 31.5 Å². The molecule has 2 rings (SSSR count). The molecule has 3 N–H and O–H groups in total. The molecule has 0 saturated heterocycles. The Morgan fingerprint density at radius 2 is 1.94 bits per heavy atom. The average molecular weight is 420 g/mol. The third-order valence-corrected chi connectivity index (χ3v) is 4.24. The van der Waals surface area contributed by atoms with Gasteiger partial charge in [0.2, 0.25) is 5.91 Å². The van der Waals surface area contributed by atoms with Crippen LogP contribution in [0.15, 0.2) is 60.3 Å². The highest BCUT2D eigenvalue weighted by Crippen LogP contribution is 2.21. The van der Waals surface area contributed by atoms with Gasteiger partial charge in [0, 0.05) is 18.8 Å². The van der Waals surface area contributed by atoms with Crippen LogP contribution in [0, 0.1) is 11.3 Å². The number of carbonyl (C=O) groups is 3. The molecule has 2 aromatic rings. The maximum atomic E-state index is 12.7. The molecule has 8 heteroatoms. The van der Waals surface area contributed by atoms with Crippen LogP contribution in [-0.2, 0) is 14.3 Å². The van der Waals surface area contributed by atoms with Crippen LogP contribution in [0.2, 0.25) is 0 Å². The van der Waals surface area contributed by atoms with Gasteiger partial charge < -0.3 is 15.8 Å². The molecular weight excluding hydrogens is 396 g/mol. The van der Waals surface area contributed by atoms with Crippen molar-refractivity contribution in [2.24, 2.45) is 0 Å². The Balaban J connectivity index is 2.28. The molecule has 0 aliphatic heterocycles. The minimum atomic E-state index is -0.772. The van der Waals surface area contributed by atoms with E-state index in [1.807, 2.05) is 6.92 Å². The number of nitrogens with zero attached hydrogens (tertiary/aromatic N) is 2. The lowest BCUT2D eigenvalue weighted by atomic mass is 10.1. The number of para-hydroxylation sites is 1. The second-order valence-electron chi connectivity index (χ2n) is 6.63. The van der Waals surface area contributed by atoms with Gasteiger partial charge in [-0.15, -0.1) is 0 Å². The predicted molar refractivity (Wildman–Crippen MR) is 118 cm³/mol. The summed E-state index contributed by atoms with van der Waals surface area (Å²) in [6.45, 7) is 3.55. The second kappa shape index (κ2) is 11.2. The van der Waals surface area contributed by atoms with Crippen LogP contribution in [0.5, 0.6) is 0 Å². The van der Waals surface area contributed by atoms with Crippen molar-refractivity contribution in [3.63, 3.8) is 0 Å². The van der Waals surface area contributed by atoms with Crippen LogP contribution in [0.25, 0.3) is 0 Å². The zero-order valence-electron chi connectivity index (χ0n) is 17.4. The van der Waals surface area contributed by atoms with Gasteiger partial charge in [-0.25, -0.2) is 4.79 Å². The Hall–Kier alpha value is -4.12. The normalized spacial score (nSPS) is 10.7. The molecule has 31 heavy (non-hydrogen) atoms. The van der Waals surface area contributed by atoms with Crippen molar-refractivity contribution in [3.8, 4) is 6.07 Å². The van der Waals surface area contributed by atoms with Gasteiger partial charge in [0.1, 0.15) is 11.6 Å². The Morgan fingerprint density at radius 3 is 2.58 bits per heavy atom. The van der Waals surface area contributed by atoms with Crippen LogP contribution >= 0.6 is 0 Å². The molecule has 0 unspecified atom stereocenters. The van der Waals surface area contributed by atoms with Crippen molar-refractivity contribution >= 4 is 34.8 Å². The van der Waals surface area contributed by atoms with Gasteiger partial charge in [0.05, 0.1) is 23.5 Å². The van der Waals surface area contributed by atoms with Gasteiger partial charge in [0.25, 0.3) is 5.91 Å². The first-order valence-corrected chi connectivity index (χ1v) is 9.72. The molecule has 0 heterocycles. The number of nitrogens with two attached hydrogens (primary N) is 1. The third kappa shape index (κ3) is 6.44. The summed E-state index contributed by atoms with van der Waals surface area (Å²) < 4.78 is 5.21. The van der Waals surface area contributed by atoms with E-state index in [2.05, 4.69) is 5.32 Å². The van der Waals surface area contributed by atoms with Crippen molar-refractivity contribution in [1.82, 2.24) is 0 Å². The smallest absolute Gasteiger partial charge is 0.340 e. The van der Waals surface area contributed by atoms with Crippen LogP contribution in [0.3, 0.4) is 0 Å². The molecular formula is C23H24N4O4. The van der Waals surface area contributed by atoms with Gasteiger partial charge in [-0.3, -0.25) is 14.5 Å². The van der Waals surface area contributed by atoms with Gasteiger partial charge in [0.15, 0.2) is 0 Å². The molecule has 0 aromatic heterocycles. The largest absolute Gasteiger partial charge is 0.462 e. The molecule has 0 atom stereocenters. The Morgan fingerprint density at radius 1 is 1.19 bits per heavy atom. The molecule has 8 nitrogen and oxygen atoms in total. The van der Waals surface area contributed by atoms with E-state index in [0.717, 1.165) is 23.9 Å². The van der Waals surface area contributed by atoms with E-state index in [1.54, 1.807) is 42.5 Å². The van der Waals surface area contributed by atoms with Crippen molar-refractivity contribution in [1.29, 1.82) is 5.26 Å². The Kier molecular flexibility index (Phi) is 8.34. The monoisotopic (exact) mass is 420 g/mol. The number of hydrogen-bond acceptors (Lipinski definition) is 6.